The molecule has 4 fully saturated rings. The lowest BCUT2D eigenvalue weighted by atomic mass is 9.47. The molecule has 0 aromatic carbocycles. The first-order valence-corrected chi connectivity index (χ1v) is 7.16. The number of rotatable bonds is 4. The summed E-state index contributed by atoms with van der Waals surface area (Å²) in [7, 11) is -0.147. The molecule has 4 rings (SSSR count). The molecule has 3 aliphatic carbocycles. The maximum Gasteiger partial charge on any atom is 0.555 e. The van der Waals surface area contributed by atoms with E-state index in [-0.39, 0.29) is 7.25 Å². The van der Waals surface area contributed by atoms with E-state index in [2.05, 4.69) is 26.0 Å². The van der Waals surface area contributed by atoms with Crippen LogP contribution in [0.3, 0.4) is 0 Å². The largest absolute Gasteiger partial charge is 0.555 e. The van der Waals surface area contributed by atoms with Crippen molar-refractivity contribution in [2.45, 2.75) is 58.6 Å². The van der Waals surface area contributed by atoms with Gasteiger partial charge in [0, 0.05) is 12.6 Å². The van der Waals surface area contributed by atoms with Crippen molar-refractivity contribution >= 4 is 7.25 Å². The van der Waals surface area contributed by atoms with Crippen LogP contribution in [0.4, 0.5) is 0 Å². The molecule has 0 amide bonds. The summed E-state index contributed by atoms with van der Waals surface area (Å²) in [5.41, 5.74) is 0.487. The van der Waals surface area contributed by atoms with Crippen LogP contribution in [0.2, 0.25) is 0 Å². The van der Waals surface area contributed by atoms with Crippen molar-refractivity contribution in [2.24, 2.45) is 17.3 Å². The van der Waals surface area contributed by atoms with E-state index in [9.17, 15) is 0 Å². The first-order valence-electron chi connectivity index (χ1n) is 7.16. The molecular weight excluding hydrogens is 213 g/mol. The molecule has 4 aliphatic rings. The zero-order valence-corrected chi connectivity index (χ0v) is 11.2. The minimum atomic E-state index is -0.147. The van der Waals surface area contributed by atoms with E-state index in [1.165, 1.54) is 19.3 Å². The molecule has 3 nitrogen and oxygen atoms in total. The molecule has 3 saturated carbocycles. The van der Waals surface area contributed by atoms with Crippen LogP contribution in [-0.2, 0) is 9.31 Å². The number of unbranched alkanes of at least 4 members (excludes halogenated alkanes) is 1. The molecular formula is C13H24BNO2. The normalized spacial score (nSPS) is 42.2. The number of hydrogen-bond acceptors (Lipinski definition) is 3. The lowest BCUT2D eigenvalue weighted by Gasteiger charge is -2.60. The van der Waals surface area contributed by atoms with Gasteiger partial charge in [-0.15, -0.1) is 0 Å². The second kappa shape index (κ2) is 4.25. The highest BCUT2D eigenvalue weighted by Crippen LogP contribution is 2.60. The van der Waals surface area contributed by atoms with Gasteiger partial charge in [0.05, 0.1) is 6.10 Å². The van der Waals surface area contributed by atoms with Crippen molar-refractivity contribution in [3.63, 3.8) is 0 Å². The zero-order chi connectivity index (χ0) is 12.0. The van der Waals surface area contributed by atoms with Crippen LogP contribution in [0.15, 0.2) is 0 Å². The van der Waals surface area contributed by atoms with Crippen LogP contribution in [0.25, 0.3) is 0 Å². The van der Waals surface area contributed by atoms with Gasteiger partial charge >= 0.3 is 7.25 Å². The van der Waals surface area contributed by atoms with Gasteiger partial charge in [-0.2, -0.15) is 0 Å². The molecule has 1 heterocycles. The molecule has 4 atom stereocenters. The summed E-state index contributed by atoms with van der Waals surface area (Å²) in [5, 5.41) is 3.51. The van der Waals surface area contributed by atoms with Gasteiger partial charge in [0.15, 0.2) is 0 Å². The Hall–Kier alpha value is -0.0551. The highest BCUT2D eigenvalue weighted by molar-refractivity contribution is 6.42. The summed E-state index contributed by atoms with van der Waals surface area (Å²) in [4.78, 5) is 0. The van der Waals surface area contributed by atoms with Crippen LogP contribution in [-0.4, -0.2) is 26.0 Å². The fraction of sp³-hybridized carbons (Fsp3) is 1.00. The van der Waals surface area contributed by atoms with Crippen molar-refractivity contribution in [2.75, 3.05) is 6.61 Å². The average molecular weight is 237 g/mol. The Morgan fingerprint density at radius 2 is 2.24 bits per heavy atom. The minimum absolute atomic E-state index is 0.147. The Balaban J connectivity index is 1.56. The predicted octanol–water partition coefficient (Wildman–Crippen LogP) is 2.21. The standard InChI is InChI=1S/C13H24BNO2/c1-4-5-6-16-14-15-11-8-9-7-10(12(11)17-14)13(9,2)3/h9-12,15H,4-8H2,1-3H3/t9-,10+,11-,12+/m1/s1. The molecule has 1 N–H and O–H groups in total. The van der Waals surface area contributed by atoms with Gasteiger partial charge in [0.1, 0.15) is 0 Å². The fourth-order valence-corrected chi connectivity index (χ4v) is 3.87. The number of nitrogens with one attached hydrogen (secondary N) is 1. The van der Waals surface area contributed by atoms with Crippen molar-refractivity contribution in [3.05, 3.63) is 0 Å². The van der Waals surface area contributed by atoms with Crippen molar-refractivity contribution in [1.82, 2.24) is 5.23 Å². The smallest absolute Gasteiger partial charge is 0.397 e. The molecule has 4 heteroatoms. The van der Waals surface area contributed by atoms with Crippen LogP contribution < -0.4 is 5.23 Å². The van der Waals surface area contributed by atoms with Gasteiger partial charge in [0.25, 0.3) is 0 Å². The van der Waals surface area contributed by atoms with Gasteiger partial charge in [-0.05, 0) is 36.5 Å². The van der Waals surface area contributed by atoms with Gasteiger partial charge in [-0.3, -0.25) is 5.23 Å². The summed E-state index contributed by atoms with van der Waals surface area (Å²) in [6.07, 6.45) is 5.31. The first-order chi connectivity index (χ1) is 8.13. The highest BCUT2D eigenvalue weighted by atomic mass is 16.6. The van der Waals surface area contributed by atoms with E-state index >= 15 is 0 Å². The maximum atomic E-state index is 6.06. The third-order valence-corrected chi connectivity index (χ3v) is 5.28. The molecule has 0 unspecified atom stereocenters. The molecule has 2 bridgehead atoms. The van der Waals surface area contributed by atoms with Gasteiger partial charge in [0.2, 0.25) is 0 Å². The summed E-state index contributed by atoms with van der Waals surface area (Å²) < 4.78 is 11.8. The molecule has 0 spiro atoms. The number of hydrogen-bond donors (Lipinski definition) is 1. The van der Waals surface area contributed by atoms with E-state index in [0.717, 1.165) is 24.9 Å². The molecule has 1 saturated heterocycles. The van der Waals surface area contributed by atoms with Crippen molar-refractivity contribution in [1.29, 1.82) is 0 Å². The molecule has 17 heavy (non-hydrogen) atoms. The Morgan fingerprint density at radius 1 is 1.41 bits per heavy atom. The molecule has 0 aromatic heterocycles. The van der Waals surface area contributed by atoms with Crippen molar-refractivity contribution in [3.8, 4) is 0 Å². The first kappa shape index (κ1) is 12.0. The van der Waals surface area contributed by atoms with Crippen LogP contribution >= 0.6 is 0 Å². The molecule has 0 aromatic rings. The van der Waals surface area contributed by atoms with Gasteiger partial charge in [-0.1, -0.05) is 27.2 Å². The van der Waals surface area contributed by atoms with Crippen molar-refractivity contribution < 1.29 is 9.31 Å². The Kier molecular flexibility index (Phi) is 3.00. The Labute approximate surface area is 105 Å². The van der Waals surface area contributed by atoms with E-state index < -0.39 is 0 Å². The third-order valence-electron chi connectivity index (χ3n) is 5.28. The zero-order valence-electron chi connectivity index (χ0n) is 11.2. The monoisotopic (exact) mass is 237 g/mol. The predicted molar refractivity (Wildman–Crippen MR) is 68.4 cm³/mol. The van der Waals surface area contributed by atoms with Gasteiger partial charge < -0.3 is 9.31 Å². The topological polar surface area (TPSA) is 30.5 Å². The average Bonchev–Trinajstić information content (AvgIpc) is 2.71. The maximum absolute atomic E-state index is 6.06. The van der Waals surface area contributed by atoms with Crippen LogP contribution in [0, 0.1) is 17.3 Å². The third kappa shape index (κ3) is 1.85. The van der Waals surface area contributed by atoms with Crippen LogP contribution in [0.1, 0.15) is 46.5 Å². The lowest BCUT2D eigenvalue weighted by molar-refractivity contribution is -0.133. The molecule has 0 radical (unpaired) electrons. The summed E-state index contributed by atoms with van der Waals surface area (Å²) in [5.74, 6) is 1.62. The summed E-state index contributed by atoms with van der Waals surface area (Å²) in [6.45, 7) is 7.79. The van der Waals surface area contributed by atoms with E-state index in [0.29, 0.717) is 17.6 Å². The Bertz CT molecular complexity index is 297. The van der Waals surface area contributed by atoms with Crippen LogP contribution in [0.5, 0.6) is 0 Å². The second-order valence-electron chi connectivity index (χ2n) is 6.53. The quantitative estimate of drug-likeness (QED) is 0.600. The van der Waals surface area contributed by atoms with E-state index in [4.69, 9.17) is 9.31 Å². The molecule has 96 valence electrons. The van der Waals surface area contributed by atoms with E-state index in [1.807, 2.05) is 0 Å². The second-order valence-corrected chi connectivity index (χ2v) is 6.53. The molecule has 1 aliphatic heterocycles. The SMILES string of the molecule is CCCCOB1N[C@@H]2C[C@H]3C[C@@H]([C@@H]2O1)C3(C)C. The Morgan fingerprint density at radius 3 is 2.94 bits per heavy atom. The lowest BCUT2D eigenvalue weighted by Crippen LogP contribution is -2.60. The summed E-state index contributed by atoms with van der Waals surface area (Å²) in [6, 6.07) is 0.540. The highest BCUT2D eigenvalue weighted by Gasteiger charge is 2.61. The van der Waals surface area contributed by atoms with Gasteiger partial charge in [-0.25, -0.2) is 0 Å². The van der Waals surface area contributed by atoms with E-state index in [1.54, 1.807) is 0 Å². The fourth-order valence-electron chi connectivity index (χ4n) is 3.87. The minimum Gasteiger partial charge on any atom is -0.397 e. The summed E-state index contributed by atoms with van der Waals surface area (Å²) >= 11 is 0.